The molecule has 0 spiro atoms. The fourth-order valence-corrected chi connectivity index (χ4v) is 2.61. The van der Waals surface area contributed by atoms with Gasteiger partial charge in [0.05, 0.1) is 20.7 Å². The Balaban J connectivity index is 2.02. The van der Waals surface area contributed by atoms with E-state index in [1.165, 1.54) is 17.7 Å². The van der Waals surface area contributed by atoms with Gasteiger partial charge in [0.2, 0.25) is 11.6 Å². The minimum absolute atomic E-state index is 0.142. The molecule has 0 bridgehead atoms. The van der Waals surface area contributed by atoms with Gasteiger partial charge in [-0.3, -0.25) is 10.1 Å². The molecule has 8 nitrogen and oxygen atoms in total. The second-order valence-electron chi connectivity index (χ2n) is 4.09. The summed E-state index contributed by atoms with van der Waals surface area (Å²) in [4.78, 5) is 22.7. The largest absolute Gasteiger partial charge is 0.367 e. The van der Waals surface area contributed by atoms with Gasteiger partial charge in [-0.2, -0.15) is 0 Å². The molecule has 2 aromatic heterocycles. The Morgan fingerprint density at radius 2 is 2.05 bits per heavy atom. The summed E-state index contributed by atoms with van der Waals surface area (Å²) in [6.45, 7) is 0. The van der Waals surface area contributed by atoms with Gasteiger partial charge in [0.1, 0.15) is 6.33 Å². The van der Waals surface area contributed by atoms with Crippen molar-refractivity contribution in [2.45, 2.75) is 0 Å². The van der Waals surface area contributed by atoms with Crippen LogP contribution in [-0.2, 0) is 0 Å². The van der Waals surface area contributed by atoms with Crippen LogP contribution in [0.5, 0.6) is 0 Å². The molecular formula is C12H10N6O2S. The highest BCUT2D eigenvalue weighted by atomic mass is 32.1. The van der Waals surface area contributed by atoms with Crippen molar-refractivity contribution in [1.82, 2.24) is 15.0 Å². The topological polar surface area (TPSA) is 106 Å². The molecule has 0 radical (unpaired) electrons. The maximum absolute atomic E-state index is 11.2. The van der Waals surface area contributed by atoms with Gasteiger partial charge < -0.3 is 10.6 Å². The number of benzene rings is 1. The van der Waals surface area contributed by atoms with Crippen molar-refractivity contribution in [3.63, 3.8) is 0 Å². The van der Waals surface area contributed by atoms with Crippen molar-refractivity contribution in [2.24, 2.45) is 0 Å². The zero-order valence-corrected chi connectivity index (χ0v) is 11.7. The van der Waals surface area contributed by atoms with Crippen LogP contribution >= 0.6 is 11.3 Å². The second-order valence-corrected chi connectivity index (χ2v) is 4.97. The lowest BCUT2D eigenvalue weighted by Gasteiger charge is -2.08. The van der Waals surface area contributed by atoms with Crippen LogP contribution in [0.4, 0.5) is 23.0 Å². The number of anilines is 3. The highest BCUT2D eigenvalue weighted by Gasteiger charge is 2.22. The van der Waals surface area contributed by atoms with Crippen molar-refractivity contribution < 1.29 is 4.92 Å². The lowest BCUT2D eigenvalue weighted by Crippen LogP contribution is -2.05. The quantitative estimate of drug-likeness (QED) is 0.563. The van der Waals surface area contributed by atoms with E-state index >= 15 is 0 Å². The second kappa shape index (κ2) is 5.29. The van der Waals surface area contributed by atoms with E-state index in [1.807, 2.05) is 12.1 Å². The summed E-state index contributed by atoms with van der Waals surface area (Å²) in [5.41, 5.74) is 3.15. The van der Waals surface area contributed by atoms with Gasteiger partial charge >= 0.3 is 5.69 Å². The summed E-state index contributed by atoms with van der Waals surface area (Å²) in [5.74, 6) is 0.305. The number of aromatic nitrogens is 3. The third-order valence-corrected chi connectivity index (χ3v) is 3.63. The van der Waals surface area contributed by atoms with Gasteiger partial charge in [0.15, 0.2) is 0 Å². The molecule has 3 aromatic rings. The summed E-state index contributed by atoms with van der Waals surface area (Å²) < 4.78 is 0.991. The first-order chi connectivity index (χ1) is 10.2. The Bertz CT molecular complexity index is 818. The summed E-state index contributed by atoms with van der Waals surface area (Å²) in [6.07, 6.45) is 1.27. The summed E-state index contributed by atoms with van der Waals surface area (Å²) in [6, 6.07) is 5.52. The van der Waals surface area contributed by atoms with Gasteiger partial charge in [-0.25, -0.2) is 15.0 Å². The standard InChI is InChI=1S/C12H10N6O2S/c1-13-11-10(18(19)20)12(15-5-14-11)17-7-2-3-8-9(4-7)21-6-16-8/h2-6H,1H3,(H2,13,14,15,17). The lowest BCUT2D eigenvalue weighted by atomic mass is 10.3. The monoisotopic (exact) mass is 302 g/mol. The molecule has 9 heteroatoms. The molecule has 1 aromatic carbocycles. The van der Waals surface area contributed by atoms with Crippen LogP contribution in [0, 0.1) is 10.1 Å². The number of hydrogen-bond acceptors (Lipinski definition) is 8. The van der Waals surface area contributed by atoms with Crippen molar-refractivity contribution in [3.05, 3.63) is 40.2 Å². The van der Waals surface area contributed by atoms with E-state index in [9.17, 15) is 10.1 Å². The number of thiazole rings is 1. The molecule has 3 rings (SSSR count). The molecule has 0 aliphatic carbocycles. The smallest absolute Gasteiger partial charge is 0.353 e. The number of hydrogen-bond donors (Lipinski definition) is 2. The maximum Gasteiger partial charge on any atom is 0.353 e. The molecule has 0 unspecified atom stereocenters. The van der Waals surface area contributed by atoms with Crippen molar-refractivity contribution in [3.8, 4) is 0 Å². The first-order valence-corrected chi connectivity index (χ1v) is 6.84. The molecule has 21 heavy (non-hydrogen) atoms. The predicted molar refractivity (Wildman–Crippen MR) is 81.1 cm³/mol. The number of rotatable bonds is 4. The molecule has 0 aliphatic rings. The molecule has 0 aliphatic heterocycles. The number of nitro groups is 1. The van der Waals surface area contributed by atoms with E-state index in [4.69, 9.17) is 0 Å². The SMILES string of the molecule is CNc1ncnc(Nc2ccc3ncsc3c2)c1[N+](=O)[O-]. The average Bonchev–Trinajstić information content (AvgIpc) is 2.94. The maximum atomic E-state index is 11.2. The van der Waals surface area contributed by atoms with Gasteiger partial charge in [0.25, 0.3) is 0 Å². The zero-order valence-electron chi connectivity index (χ0n) is 10.9. The average molecular weight is 302 g/mol. The van der Waals surface area contributed by atoms with Gasteiger partial charge in [-0.05, 0) is 18.2 Å². The van der Waals surface area contributed by atoms with E-state index in [1.54, 1.807) is 18.6 Å². The molecule has 0 atom stereocenters. The number of fused-ring (bicyclic) bond motifs is 1. The van der Waals surface area contributed by atoms with Crippen molar-refractivity contribution in [1.29, 1.82) is 0 Å². The van der Waals surface area contributed by atoms with Crippen LogP contribution in [0.25, 0.3) is 10.2 Å². The highest BCUT2D eigenvalue weighted by molar-refractivity contribution is 7.16. The van der Waals surface area contributed by atoms with E-state index in [0.717, 1.165) is 10.2 Å². The third-order valence-electron chi connectivity index (χ3n) is 2.84. The molecule has 2 N–H and O–H groups in total. The Labute approximate surface area is 123 Å². The lowest BCUT2D eigenvalue weighted by molar-refractivity contribution is -0.383. The highest BCUT2D eigenvalue weighted by Crippen LogP contribution is 2.31. The Kier molecular flexibility index (Phi) is 3.32. The zero-order chi connectivity index (χ0) is 14.8. The molecule has 0 fully saturated rings. The van der Waals surface area contributed by atoms with Crippen LogP contribution in [0.1, 0.15) is 0 Å². The van der Waals surface area contributed by atoms with E-state index in [2.05, 4.69) is 25.6 Å². The van der Waals surface area contributed by atoms with Gasteiger partial charge in [-0.15, -0.1) is 11.3 Å². The molecule has 106 valence electrons. The molecule has 0 saturated heterocycles. The van der Waals surface area contributed by atoms with Crippen molar-refractivity contribution >= 4 is 44.6 Å². The van der Waals surface area contributed by atoms with Crippen LogP contribution in [0.2, 0.25) is 0 Å². The third kappa shape index (κ3) is 2.46. The molecular weight excluding hydrogens is 292 g/mol. The van der Waals surface area contributed by atoms with Gasteiger partial charge in [0, 0.05) is 12.7 Å². The number of nitrogens with zero attached hydrogens (tertiary/aromatic N) is 4. The predicted octanol–water partition coefficient (Wildman–Crippen LogP) is 2.78. The first-order valence-electron chi connectivity index (χ1n) is 5.96. The van der Waals surface area contributed by atoms with Crippen LogP contribution in [0.3, 0.4) is 0 Å². The summed E-state index contributed by atoms with van der Waals surface area (Å²) >= 11 is 1.50. The Hall–Kier alpha value is -2.81. The molecule has 0 amide bonds. The van der Waals surface area contributed by atoms with Gasteiger partial charge in [-0.1, -0.05) is 0 Å². The first kappa shape index (κ1) is 13.2. The van der Waals surface area contributed by atoms with E-state index in [-0.39, 0.29) is 17.3 Å². The van der Waals surface area contributed by atoms with Crippen molar-refractivity contribution in [2.75, 3.05) is 17.7 Å². The fraction of sp³-hybridized carbons (Fsp3) is 0.0833. The van der Waals surface area contributed by atoms with Crippen LogP contribution < -0.4 is 10.6 Å². The molecule has 0 saturated carbocycles. The minimum Gasteiger partial charge on any atom is -0.367 e. The Morgan fingerprint density at radius 1 is 1.24 bits per heavy atom. The normalized spacial score (nSPS) is 10.5. The summed E-state index contributed by atoms with van der Waals surface area (Å²) in [7, 11) is 1.57. The van der Waals surface area contributed by atoms with E-state index < -0.39 is 4.92 Å². The summed E-state index contributed by atoms with van der Waals surface area (Å²) in [5, 5.41) is 16.8. The fourth-order valence-electron chi connectivity index (χ4n) is 1.90. The van der Waals surface area contributed by atoms with Crippen LogP contribution in [-0.4, -0.2) is 26.9 Å². The van der Waals surface area contributed by atoms with Crippen LogP contribution in [0.15, 0.2) is 30.0 Å². The Morgan fingerprint density at radius 3 is 2.81 bits per heavy atom. The number of nitrogens with one attached hydrogen (secondary N) is 2. The molecule has 2 heterocycles. The van der Waals surface area contributed by atoms with E-state index in [0.29, 0.717) is 5.69 Å². The minimum atomic E-state index is -0.514.